The van der Waals surface area contributed by atoms with Crippen molar-refractivity contribution >= 4 is 22.3 Å². The van der Waals surface area contributed by atoms with Crippen LogP contribution in [-0.2, 0) is 0 Å². The molecule has 1 heterocycles. The molecule has 0 aromatic carbocycles. The molecular weight excluding hydrogens is 264 g/mol. The van der Waals surface area contributed by atoms with Gasteiger partial charge < -0.3 is 0 Å². The Labute approximate surface area is 97.2 Å². The monoisotopic (exact) mass is 278 g/mol. The minimum Gasteiger partial charge on any atom is -0.257 e. The van der Waals surface area contributed by atoms with Crippen molar-refractivity contribution in [1.82, 2.24) is 10.0 Å². The number of hydrazine groups is 1. The van der Waals surface area contributed by atoms with Gasteiger partial charge in [0, 0.05) is 6.54 Å². The Morgan fingerprint density at radius 3 is 2.80 bits per heavy atom. The van der Waals surface area contributed by atoms with Gasteiger partial charge in [-0.1, -0.05) is 26.2 Å². The van der Waals surface area contributed by atoms with Gasteiger partial charge in [0.05, 0.1) is 0 Å². The summed E-state index contributed by atoms with van der Waals surface area (Å²) in [6.45, 7) is 2.90. The summed E-state index contributed by atoms with van der Waals surface area (Å²) >= 11 is 3.23. The quantitative estimate of drug-likeness (QED) is 0.245. The number of nitro groups is 1. The average Bonchev–Trinajstić information content (AvgIpc) is 2.55. The van der Waals surface area contributed by atoms with Crippen molar-refractivity contribution in [2.75, 3.05) is 6.54 Å². The van der Waals surface area contributed by atoms with Crippen LogP contribution in [0.25, 0.3) is 0 Å². The van der Waals surface area contributed by atoms with Gasteiger partial charge in [0.15, 0.2) is 11.4 Å². The number of hydrogen-bond acceptors (Lipinski definition) is 4. The van der Waals surface area contributed by atoms with Gasteiger partial charge in [0.2, 0.25) is 5.08 Å². The molecule has 86 valence electrons. The third kappa shape index (κ3) is 3.33. The average molecular weight is 279 g/mol. The highest BCUT2D eigenvalue weighted by atomic mass is 79.9. The molecular formula is C8H15BrN4O2. The molecule has 1 aliphatic rings. The number of halogens is 1. The number of hydrogen-bond donors (Lipinski definition) is 0. The van der Waals surface area contributed by atoms with Crippen LogP contribution in [0.1, 0.15) is 32.6 Å². The zero-order valence-corrected chi connectivity index (χ0v) is 10.3. The first kappa shape index (κ1) is 12.2. The summed E-state index contributed by atoms with van der Waals surface area (Å²) in [5.41, 5.74) is 0. The van der Waals surface area contributed by atoms with Gasteiger partial charge in [-0.3, -0.25) is 5.01 Å². The highest BCUT2D eigenvalue weighted by molar-refractivity contribution is 9.09. The fourth-order valence-electron chi connectivity index (χ4n) is 1.35. The number of unbranched alkanes of at least 4 members (excludes halogenated alkanes) is 3. The van der Waals surface area contributed by atoms with Crippen LogP contribution in [0.4, 0.5) is 0 Å². The molecule has 0 aliphatic carbocycles. The maximum Gasteiger partial charge on any atom is 0.238 e. The Morgan fingerprint density at radius 1 is 1.53 bits per heavy atom. The Bertz CT molecular complexity index is 249. The van der Waals surface area contributed by atoms with Gasteiger partial charge in [0.1, 0.15) is 0 Å². The molecule has 1 rings (SSSR count). The largest absolute Gasteiger partial charge is 0.257 e. The minimum absolute atomic E-state index is 0.450. The highest BCUT2D eigenvalue weighted by Crippen LogP contribution is 2.18. The predicted octanol–water partition coefficient (Wildman–Crippen LogP) is 2.00. The first-order valence-electron chi connectivity index (χ1n) is 5.04. The van der Waals surface area contributed by atoms with Crippen molar-refractivity contribution in [3.8, 4) is 0 Å². The topological polar surface area (TPSA) is 62.0 Å². The molecule has 0 spiro atoms. The SMILES string of the molecule is CCCCCCN1N=CN([N+](=O)[O-])C1Br. The van der Waals surface area contributed by atoms with Gasteiger partial charge >= 0.3 is 0 Å². The zero-order chi connectivity index (χ0) is 11.3. The van der Waals surface area contributed by atoms with Crippen molar-refractivity contribution in [1.29, 1.82) is 0 Å². The molecule has 1 atom stereocenters. The molecule has 0 saturated carbocycles. The summed E-state index contributed by atoms with van der Waals surface area (Å²) in [5.74, 6) is 0. The number of rotatable bonds is 6. The molecule has 15 heavy (non-hydrogen) atoms. The molecule has 0 radical (unpaired) electrons. The Hall–Kier alpha value is -0.850. The maximum atomic E-state index is 10.5. The van der Waals surface area contributed by atoms with E-state index in [1.54, 1.807) is 5.01 Å². The van der Waals surface area contributed by atoms with Crippen molar-refractivity contribution in [2.24, 2.45) is 5.10 Å². The summed E-state index contributed by atoms with van der Waals surface area (Å²) in [5, 5.41) is 16.2. The molecule has 6 nitrogen and oxygen atoms in total. The number of alkyl halides is 1. The van der Waals surface area contributed by atoms with E-state index in [1.807, 2.05) is 0 Å². The summed E-state index contributed by atoms with van der Waals surface area (Å²) in [7, 11) is 0. The van der Waals surface area contributed by atoms with Gasteiger partial charge in [-0.05, 0) is 27.4 Å². The van der Waals surface area contributed by atoms with Crippen molar-refractivity contribution in [3.05, 3.63) is 10.1 Å². The molecule has 0 fully saturated rings. The summed E-state index contributed by atoms with van der Waals surface area (Å²) in [6, 6.07) is 0. The smallest absolute Gasteiger partial charge is 0.238 e. The minimum atomic E-state index is -0.477. The predicted molar refractivity (Wildman–Crippen MR) is 60.9 cm³/mol. The van der Waals surface area contributed by atoms with E-state index in [9.17, 15) is 10.1 Å². The van der Waals surface area contributed by atoms with Crippen LogP contribution in [0.2, 0.25) is 0 Å². The van der Waals surface area contributed by atoms with E-state index in [4.69, 9.17) is 0 Å². The van der Waals surface area contributed by atoms with Crippen LogP contribution in [-0.4, -0.2) is 33.0 Å². The molecule has 0 saturated heterocycles. The molecule has 0 N–H and O–H groups in total. The lowest BCUT2D eigenvalue weighted by molar-refractivity contribution is -0.631. The standard InChI is InChI=1S/C8H15BrN4O2/c1-2-3-4-5-6-11-8(9)12(7-10-11)13(14)15/h7-8H,2-6H2,1H3. The van der Waals surface area contributed by atoms with E-state index in [0.29, 0.717) is 0 Å². The summed E-state index contributed by atoms with van der Waals surface area (Å²) in [4.78, 5) is 10.5. The highest BCUT2D eigenvalue weighted by Gasteiger charge is 2.32. The van der Waals surface area contributed by atoms with E-state index in [2.05, 4.69) is 28.0 Å². The van der Waals surface area contributed by atoms with Crippen LogP contribution in [0.3, 0.4) is 0 Å². The van der Waals surface area contributed by atoms with Crippen molar-refractivity contribution in [2.45, 2.75) is 37.7 Å². The molecule has 1 aliphatic heterocycles. The molecule has 7 heteroatoms. The first-order valence-corrected chi connectivity index (χ1v) is 5.96. The third-order valence-electron chi connectivity index (χ3n) is 2.21. The molecule has 0 bridgehead atoms. The zero-order valence-electron chi connectivity index (χ0n) is 8.67. The van der Waals surface area contributed by atoms with Crippen LogP contribution in [0, 0.1) is 10.1 Å². The maximum absolute atomic E-state index is 10.5. The Morgan fingerprint density at radius 2 is 2.27 bits per heavy atom. The normalized spacial score (nSPS) is 20.0. The van der Waals surface area contributed by atoms with Gasteiger partial charge in [0.25, 0.3) is 0 Å². The molecule has 0 amide bonds. The lowest BCUT2D eigenvalue weighted by Crippen LogP contribution is -2.38. The molecule has 1 unspecified atom stereocenters. The fourth-order valence-corrected chi connectivity index (χ4v) is 1.92. The number of nitrogens with zero attached hydrogens (tertiary/aromatic N) is 4. The van der Waals surface area contributed by atoms with E-state index in [1.165, 1.54) is 19.2 Å². The lowest BCUT2D eigenvalue weighted by Gasteiger charge is -2.19. The van der Waals surface area contributed by atoms with Gasteiger partial charge in [-0.15, -0.1) is 0 Å². The Kier molecular flexibility index (Phi) is 4.80. The fraction of sp³-hybridized carbons (Fsp3) is 0.875. The molecule has 0 aromatic heterocycles. The van der Waals surface area contributed by atoms with Gasteiger partial charge in [-0.2, -0.15) is 5.10 Å². The Balaban J connectivity index is 2.28. The molecule has 0 aromatic rings. The van der Waals surface area contributed by atoms with Crippen LogP contribution >= 0.6 is 15.9 Å². The van der Waals surface area contributed by atoms with Crippen molar-refractivity contribution in [3.63, 3.8) is 0 Å². The van der Waals surface area contributed by atoms with Crippen molar-refractivity contribution < 1.29 is 5.03 Å². The van der Waals surface area contributed by atoms with E-state index in [-0.39, 0.29) is 0 Å². The lowest BCUT2D eigenvalue weighted by atomic mass is 10.2. The van der Waals surface area contributed by atoms with Gasteiger partial charge in [-0.25, -0.2) is 10.1 Å². The summed E-state index contributed by atoms with van der Waals surface area (Å²) in [6.07, 6.45) is 5.77. The first-order chi connectivity index (χ1) is 7.16. The van der Waals surface area contributed by atoms with E-state index >= 15 is 0 Å². The summed E-state index contributed by atoms with van der Waals surface area (Å²) < 4.78 is 0. The number of hydrazone groups is 1. The second-order valence-electron chi connectivity index (χ2n) is 3.38. The van der Waals surface area contributed by atoms with Crippen LogP contribution < -0.4 is 0 Å². The second-order valence-corrected chi connectivity index (χ2v) is 4.20. The van der Waals surface area contributed by atoms with Crippen LogP contribution in [0.5, 0.6) is 0 Å². The van der Waals surface area contributed by atoms with E-state index < -0.39 is 10.1 Å². The van der Waals surface area contributed by atoms with E-state index in [0.717, 1.165) is 24.4 Å². The van der Waals surface area contributed by atoms with Crippen LogP contribution in [0.15, 0.2) is 5.10 Å². The third-order valence-corrected chi connectivity index (χ3v) is 3.10. The second kappa shape index (κ2) is 5.89.